The number of aryl methyl sites for hydroxylation is 2. The SMILES string of the molecule is C[C@@H](/C=C/CCn1cc(CCO)nn1)[C@]1(O)C(=O)N(Cc2ccc(N3C(=O)CCc4ccccc43)cc2)c2ccc(Cl)cc21. The summed E-state index contributed by atoms with van der Waals surface area (Å²) in [6, 6.07) is 20.7. The monoisotopic (exact) mass is 611 g/mol. The molecule has 10 heteroatoms. The van der Waals surface area contributed by atoms with Crippen molar-refractivity contribution in [2.75, 3.05) is 16.4 Å². The number of para-hydroxylation sites is 1. The van der Waals surface area contributed by atoms with E-state index in [-0.39, 0.29) is 19.1 Å². The number of nitrogens with zero attached hydrogens (tertiary/aromatic N) is 5. The minimum Gasteiger partial charge on any atom is -0.396 e. The van der Waals surface area contributed by atoms with Crippen molar-refractivity contribution in [2.24, 2.45) is 5.92 Å². The number of hydrogen-bond donors (Lipinski definition) is 2. The number of halogens is 1. The largest absolute Gasteiger partial charge is 0.396 e. The summed E-state index contributed by atoms with van der Waals surface area (Å²) in [6.07, 6.45) is 7.84. The van der Waals surface area contributed by atoms with Crippen molar-refractivity contribution in [1.82, 2.24) is 15.0 Å². The van der Waals surface area contributed by atoms with Gasteiger partial charge in [0.2, 0.25) is 5.91 Å². The number of aliphatic hydroxyl groups excluding tert-OH is 1. The number of hydrogen-bond acceptors (Lipinski definition) is 6. The van der Waals surface area contributed by atoms with Gasteiger partial charge in [-0.25, -0.2) is 0 Å². The molecule has 0 fully saturated rings. The Bertz CT molecular complexity index is 1720. The van der Waals surface area contributed by atoms with Crippen molar-refractivity contribution in [3.8, 4) is 0 Å². The Balaban J connectivity index is 1.19. The second-order valence-corrected chi connectivity index (χ2v) is 11.7. The van der Waals surface area contributed by atoms with Gasteiger partial charge in [0.05, 0.1) is 23.6 Å². The Morgan fingerprint density at radius 2 is 1.84 bits per heavy atom. The molecule has 3 heterocycles. The number of anilines is 3. The third kappa shape index (κ3) is 5.54. The molecular formula is C34H34ClN5O4. The average molecular weight is 612 g/mol. The zero-order valence-electron chi connectivity index (χ0n) is 24.4. The Hall–Kier alpha value is -4.31. The molecule has 1 aromatic heterocycles. The van der Waals surface area contributed by atoms with Crippen molar-refractivity contribution >= 4 is 40.5 Å². The van der Waals surface area contributed by atoms with E-state index >= 15 is 0 Å². The predicted molar refractivity (Wildman–Crippen MR) is 169 cm³/mol. The van der Waals surface area contributed by atoms with Crippen LogP contribution in [0.2, 0.25) is 5.02 Å². The Morgan fingerprint density at radius 1 is 1.05 bits per heavy atom. The molecule has 2 atom stereocenters. The summed E-state index contributed by atoms with van der Waals surface area (Å²) < 4.78 is 1.71. The lowest BCUT2D eigenvalue weighted by atomic mass is 9.83. The van der Waals surface area contributed by atoms with E-state index in [9.17, 15) is 14.7 Å². The van der Waals surface area contributed by atoms with Gasteiger partial charge < -0.3 is 15.1 Å². The molecule has 0 saturated carbocycles. The van der Waals surface area contributed by atoms with Gasteiger partial charge in [-0.05, 0) is 60.4 Å². The molecule has 2 N–H and O–H groups in total. The summed E-state index contributed by atoms with van der Waals surface area (Å²) in [5.74, 6) is -0.900. The predicted octanol–water partition coefficient (Wildman–Crippen LogP) is 5.09. The lowest BCUT2D eigenvalue weighted by Gasteiger charge is -2.30. The van der Waals surface area contributed by atoms with Crippen molar-refractivity contribution in [3.63, 3.8) is 0 Å². The van der Waals surface area contributed by atoms with Crippen LogP contribution in [0, 0.1) is 5.92 Å². The summed E-state index contributed by atoms with van der Waals surface area (Å²) >= 11 is 6.35. The zero-order chi connectivity index (χ0) is 30.8. The van der Waals surface area contributed by atoms with Crippen LogP contribution in [0.4, 0.5) is 17.1 Å². The van der Waals surface area contributed by atoms with Crippen LogP contribution in [0.25, 0.3) is 0 Å². The van der Waals surface area contributed by atoms with E-state index in [1.54, 1.807) is 38.9 Å². The minimum absolute atomic E-state index is 0.0190. The summed E-state index contributed by atoms with van der Waals surface area (Å²) in [5.41, 5.74) is 3.71. The normalized spacial score (nSPS) is 18.6. The second kappa shape index (κ2) is 12.4. The van der Waals surface area contributed by atoms with Gasteiger partial charge in [-0.3, -0.25) is 19.2 Å². The number of carbonyl (C=O) groups is 2. The van der Waals surface area contributed by atoms with E-state index in [0.29, 0.717) is 42.1 Å². The molecule has 0 spiro atoms. The van der Waals surface area contributed by atoms with E-state index in [2.05, 4.69) is 16.4 Å². The van der Waals surface area contributed by atoms with Gasteiger partial charge in [0.25, 0.3) is 5.91 Å². The molecule has 0 unspecified atom stereocenters. The number of benzene rings is 3. The highest BCUT2D eigenvalue weighted by atomic mass is 35.5. The molecule has 2 aliphatic rings. The molecule has 2 aliphatic heterocycles. The highest BCUT2D eigenvalue weighted by Crippen LogP contribution is 2.47. The minimum atomic E-state index is -1.79. The van der Waals surface area contributed by atoms with Crippen molar-refractivity contribution in [2.45, 2.75) is 51.3 Å². The summed E-state index contributed by atoms with van der Waals surface area (Å²) in [6.45, 7) is 2.66. The van der Waals surface area contributed by atoms with E-state index in [0.717, 1.165) is 34.6 Å². The molecule has 9 nitrogen and oxygen atoms in total. The van der Waals surface area contributed by atoms with Crippen molar-refractivity contribution < 1.29 is 19.8 Å². The highest BCUT2D eigenvalue weighted by molar-refractivity contribution is 6.31. The van der Waals surface area contributed by atoms with E-state index in [1.807, 2.05) is 61.5 Å². The number of allylic oxidation sites excluding steroid dienone is 1. The fraction of sp³-hybridized carbons (Fsp3) is 0.294. The highest BCUT2D eigenvalue weighted by Gasteiger charge is 2.52. The number of carbonyl (C=O) groups excluding carboxylic acids is 2. The van der Waals surface area contributed by atoms with Gasteiger partial charge >= 0.3 is 0 Å². The molecule has 0 aliphatic carbocycles. The second-order valence-electron chi connectivity index (χ2n) is 11.3. The molecule has 44 heavy (non-hydrogen) atoms. The van der Waals surface area contributed by atoms with Gasteiger partial charge in [0.15, 0.2) is 5.60 Å². The summed E-state index contributed by atoms with van der Waals surface area (Å²) in [7, 11) is 0. The van der Waals surface area contributed by atoms with Crippen LogP contribution < -0.4 is 9.80 Å². The van der Waals surface area contributed by atoms with E-state index < -0.39 is 17.4 Å². The van der Waals surface area contributed by atoms with Crippen LogP contribution in [0.1, 0.15) is 42.1 Å². The van der Waals surface area contributed by atoms with Gasteiger partial charge in [-0.2, -0.15) is 0 Å². The number of amides is 2. The molecule has 4 aromatic rings. The number of fused-ring (bicyclic) bond motifs is 2. The quantitative estimate of drug-likeness (QED) is 0.242. The Morgan fingerprint density at radius 3 is 2.64 bits per heavy atom. The lowest BCUT2D eigenvalue weighted by Crippen LogP contribution is -2.44. The van der Waals surface area contributed by atoms with Gasteiger partial charge in [-0.15, -0.1) is 5.10 Å². The van der Waals surface area contributed by atoms with Crippen LogP contribution in [0.15, 0.2) is 85.1 Å². The maximum Gasteiger partial charge on any atom is 0.264 e. The van der Waals surface area contributed by atoms with Crippen molar-refractivity contribution in [3.05, 3.63) is 112 Å². The van der Waals surface area contributed by atoms with Crippen LogP contribution in [0.3, 0.4) is 0 Å². The summed E-state index contributed by atoms with van der Waals surface area (Å²) in [5, 5.41) is 29.6. The van der Waals surface area contributed by atoms with E-state index in [1.165, 1.54) is 0 Å². The van der Waals surface area contributed by atoms with E-state index in [4.69, 9.17) is 16.7 Å². The number of aliphatic hydroxyl groups is 2. The average Bonchev–Trinajstić information content (AvgIpc) is 3.56. The van der Waals surface area contributed by atoms with Crippen LogP contribution in [0.5, 0.6) is 0 Å². The lowest BCUT2D eigenvalue weighted by molar-refractivity contribution is -0.139. The smallest absolute Gasteiger partial charge is 0.264 e. The first-order chi connectivity index (χ1) is 21.3. The first-order valence-electron chi connectivity index (χ1n) is 14.8. The van der Waals surface area contributed by atoms with Gasteiger partial charge in [0, 0.05) is 54.4 Å². The maximum absolute atomic E-state index is 14.0. The van der Waals surface area contributed by atoms with Crippen LogP contribution in [-0.4, -0.2) is 43.6 Å². The van der Waals surface area contributed by atoms with Gasteiger partial charge in [-0.1, -0.05) is 66.2 Å². The molecule has 2 amide bonds. The Kier molecular flexibility index (Phi) is 8.35. The topological polar surface area (TPSA) is 112 Å². The fourth-order valence-corrected chi connectivity index (χ4v) is 6.22. The molecule has 226 valence electrons. The fourth-order valence-electron chi connectivity index (χ4n) is 6.04. The molecule has 3 aromatic carbocycles. The molecule has 0 saturated heterocycles. The maximum atomic E-state index is 14.0. The van der Waals surface area contributed by atoms with Gasteiger partial charge in [0.1, 0.15) is 0 Å². The first kappa shape index (κ1) is 29.7. The third-order valence-corrected chi connectivity index (χ3v) is 8.65. The summed E-state index contributed by atoms with van der Waals surface area (Å²) in [4.78, 5) is 30.2. The third-order valence-electron chi connectivity index (χ3n) is 8.42. The molecular weight excluding hydrogens is 578 g/mol. The Labute approximate surface area is 261 Å². The van der Waals surface area contributed by atoms with Crippen LogP contribution >= 0.6 is 11.6 Å². The van der Waals surface area contributed by atoms with Crippen molar-refractivity contribution in [1.29, 1.82) is 0 Å². The number of rotatable bonds is 10. The zero-order valence-corrected chi connectivity index (χ0v) is 25.2. The molecule has 0 radical (unpaired) electrons. The number of aromatic nitrogens is 3. The molecule has 0 bridgehead atoms. The molecule has 6 rings (SSSR count). The first-order valence-corrected chi connectivity index (χ1v) is 15.2. The standard InChI is InChI=1S/C34H34ClN5O4/c1-23(6-4-5-18-38-22-27(17-19-41)36-37-38)34(44)29-20-26(35)12-15-31(29)39(33(34)43)21-24-9-13-28(14-10-24)40-30-8-3-2-7-25(30)11-16-32(40)42/h2-4,6-10,12-15,20,22-23,41,44H,5,11,16-19,21H2,1H3/b6-4+/t23-,34+/m0/s1. The van der Waals surface area contributed by atoms with Crippen LogP contribution in [-0.2, 0) is 41.1 Å².